The maximum atomic E-state index is 13.4. The zero-order valence-corrected chi connectivity index (χ0v) is 19.7. The normalized spacial score (nSPS) is 15.1. The Labute approximate surface area is 189 Å². The highest BCUT2D eigenvalue weighted by Gasteiger charge is 2.31. The molecule has 0 atom stereocenters. The van der Waals surface area contributed by atoms with E-state index in [9.17, 15) is 8.42 Å². The summed E-state index contributed by atoms with van der Waals surface area (Å²) in [5.41, 5.74) is 2.65. The molecule has 168 valence electrons. The molecule has 0 spiro atoms. The van der Waals surface area contributed by atoms with Gasteiger partial charge in [0.2, 0.25) is 15.9 Å². The van der Waals surface area contributed by atoms with Crippen molar-refractivity contribution >= 4 is 15.8 Å². The van der Waals surface area contributed by atoms with Gasteiger partial charge < -0.3 is 9.64 Å². The number of nitrogens with zero attached hydrogens (tertiary/aromatic N) is 4. The second-order valence-electron chi connectivity index (χ2n) is 8.15. The van der Waals surface area contributed by atoms with Crippen molar-refractivity contribution < 1.29 is 13.2 Å². The number of benzene rings is 2. The summed E-state index contributed by atoms with van der Waals surface area (Å²) in [6, 6.07) is 15.1. The molecule has 7 nitrogen and oxygen atoms in total. The molecule has 0 aliphatic carbocycles. The highest BCUT2D eigenvalue weighted by atomic mass is 32.2. The lowest BCUT2D eigenvalue weighted by atomic mass is 10.1. The van der Waals surface area contributed by atoms with E-state index in [1.807, 2.05) is 70.2 Å². The van der Waals surface area contributed by atoms with Crippen LogP contribution in [0.5, 0.6) is 11.6 Å². The molecule has 1 saturated heterocycles. The van der Waals surface area contributed by atoms with Crippen molar-refractivity contribution in [1.29, 1.82) is 0 Å². The number of anilines is 1. The number of aromatic nitrogens is 2. The molecule has 8 heteroatoms. The Bertz CT molecular complexity index is 1200. The minimum atomic E-state index is -3.55. The quantitative estimate of drug-likeness (QED) is 0.582. The van der Waals surface area contributed by atoms with E-state index in [4.69, 9.17) is 4.74 Å². The van der Waals surface area contributed by atoms with E-state index in [0.29, 0.717) is 48.5 Å². The molecule has 0 amide bonds. The second-order valence-corrected chi connectivity index (χ2v) is 10.0. The smallest absolute Gasteiger partial charge is 0.243 e. The summed E-state index contributed by atoms with van der Waals surface area (Å²) in [7, 11) is -3.55. The van der Waals surface area contributed by atoms with E-state index >= 15 is 0 Å². The molecule has 3 aromatic rings. The number of para-hydroxylation sites is 1. The van der Waals surface area contributed by atoms with E-state index in [1.165, 1.54) is 0 Å². The van der Waals surface area contributed by atoms with E-state index in [0.717, 1.165) is 22.5 Å². The van der Waals surface area contributed by atoms with Crippen LogP contribution in [0.4, 0.5) is 5.82 Å². The fourth-order valence-electron chi connectivity index (χ4n) is 4.21. The van der Waals surface area contributed by atoms with Gasteiger partial charge in [0.1, 0.15) is 17.4 Å². The van der Waals surface area contributed by atoms with E-state index < -0.39 is 10.0 Å². The molecule has 1 aliphatic heterocycles. The van der Waals surface area contributed by atoms with Gasteiger partial charge in [-0.25, -0.2) is 13.4 Å². The maximum absolute atomic E-state index is 13.4. The Morgan fingerprint density at radius 2 is 1.47 bits per heavy atom. The van der Waals surface area contributed by atoms with Gasteiger partial charge in [-0.3, -0.25) is 0 Å². The van der Waals surface area contributed by atoms with Gasteiger partial charge >= 0.3 is 0 Å². The number of hydrogen-bond donors (Lipinski definition) is 0. The van der Waals surface area contributed by atoms with Crippen molar-refractivity contribution in [3.05, 3.63) is 71.0 Å². The van der Waals surface area contributed by atoms with E-state index in [-0.39, 0.29) is 0 Å². The molecule has 2 aromatic carbocycles. The molecule has 0 unspecified atom stereocenters. The molecule has 0 radical (unpaired) electrons. The maximum Gasteiger partial charge on any atom is 0.243 e. The first-order valence-corrected chi connectivity index (χ1v) is 12.1. The SMILES string of the molecule is Cc1cc(C)c(S(=O)(=O)N2CCN(c3cc(Oc4ccccc4)nc(C)n3)CC2)c(C)c1. The molecule has 0 N–H and O–H groups in total. The second kappa shape index (κ2) is 8.88. The molecule has 0 saturated carbocycles. The van der Waals surface area contributed by atoms with Gasteiger partial charge in [-0.15, -0.1) is 0 Å². The fraction of sp³-hybridized carbons (Fsp3) is 0.333. The first-order valence-electron chi connectivity index (χ1n) is 10.7. The van der Waals surface area contributed by atoms with Crippen LogP contribution in [0.15, 0.2) is 53.4 Å². The molecule has 2 heterocycles. The number of aryl methyl sites for hydroxylation is 4. The third-order valence-corrected chi connectivity index (χ3v) is 7.74. The lowest BCUT2D eigenvalue weighted by Crippen LogP contribution is -2.49. The monoisotopic (exact) mass is 452 g/mol. The van der Waals surface area contributed by atoms with Gasteiger partial charge in [-0.2, -0.15) is 9.29 Å². The van der Waals surface area contributed by atoms with Crippen molar-refractivity contribution in [3.8, 4) is 11.6 Å². The lowest BCUT2D eigenvalue weighted by Gasteiger charge is -2.35. The summed E-state index contributed by atoms with van der Waals surface area (Å²) in [4.78, 5) is 11.4. The number of hydrogen-bond acceptors (Lipinski definition) is 6. The summed E-state index contributed by atoms with van der Waals surface area (Å²) in [5, 5.41) is 0. The average molecular weight is 453 g/mol. The molecule has 4 rings (SSSR count). The first kappa shape index (κ1) is 22.2. The molecular formula is C24H28N4O3S. The standard InChI is InChI=1S/C24H28N4O3S/c1-17-14-18(2)24(19(3)15-17)32(29,30)28-12-10-27(11-13-28)22-16-23(26-20(4)25-22)31-21-8-6-5-7-9-21/h5-9,14-16H,10-13H2,1-4H3. The molecule has 1 aromatic heterocycles. The molecular weight excluding hydrogens is 424 g/mol. The summed E-state index contributed by atoms with van der Waals surface area (Å²) >= 11 is 0. The zero-order chi connectivity index (χ0) is 22.9. The third-order valence-electron chi connectivity index (χ3n) is 5.53. The van der Waals surface area contributed by atoms with Gasteiger partial charge in [0.15, 0.2) is 0 Å². The highest BCUT2D eigenvalue weighted by molar-refractivity contribution is 7.89. The molecule has 0 bridgehead atoms. The van der Waals surface area contributed by atoms with E-state index in [1.54, 1.807) is 10.4 Å². The Hall–Kier alpha value is -2.97. The number of sulfonamides is 1. The van der Waals surface area contributed by atoms with Gasteiger partial charge in [0.25, 0.3) is 0 Å². The van der Waals surface area contributed by atoms with Gasteiger partial charge in [-0.05, 0) is 51.0 Å². The molecule has 1 aliphatic rings. The lowest BCUT2D eigenvalue weighted by molar-refractivity contribution is 0.382. The van der Waals surface area contributed by atoms with Crippen LogP contribution in [0.1, 0.15) is 22.5 Å². The Balaban J connectivity index is 1.50. The minimum Gasteiger partial charge on any atom is -0.439 e. The topological polar surface area (TPSA) is 75.6 Å². The predicted octanol–water partition coefficient (Wildman–Crippen LogP) is 4.01. The average Bonchev–Trinajstić information content (AvgIpc) is 2.73. The summed E-state index contributed by atoms with van der Waals surface area (Å²) in [6.07, 6.45) is 0. The minimum absolute atomic E-state index is 0.396. The summed E-state index contributed by atoms with van der Waals surface area (Å²) < 4.78 is 34.2. The van der Waals surface area contributed by atoms with Crippen LogP contribution in [-0.4, -0.2) is 48.9 Å². The van der Waals surface area contributed by atoms with Gasteiger partial charge in [0.05, 0.1) is 4.90 Å². The van der Waals surface area contributed by atoms with Crippen LogP contribution >= 0.6 is 0 Å². The summed E-state index contributed by atoms with van der Waals surface area (Å²) in [6.45, 7) is 9.41. The van der Waals surface area contributed by atoms with Crippen molar-refractivity contribution in [2.24, 2.45) is 0 Å². The fourth-order valence-corrected chi connectivity index (χ4v) is 6.04. The van der Waals surface area contributed by atoms with Crippen LogP contribution < -0.4 is 9.64 Å². The van der Waals surface area contributed by atoms with Crippen LogP contribution in [0.2, 0.25) is 0 Å². The zero-order valence-electron chi connectivity index (χ0n) is 18.9. The van der Waals surface area contributed by atoms with E-state index in [2.05, 4.69) is 14.9 Å². The third kappa shape index (κ3) is 4.61. The van der Waals surface area contributed by atoms with Gasteiger partial charge in [-0.1, -0.05) is 35.9 Å². The number of ether oxygens (including phenoxy) is 1. The summed E-state index contributed by atoms with van der Waals surface area (Å²) in [5.74, 6) is 2.52. The van der Waals surface area contributed by atoms with Crippen LogP contribution in [0.25, 0.3) is 0 Å². The highest BCUT2D eigenvalue weighted by Crippen LogP contribution is 2.28. The van der Waals surface area contributed by atoms with Crippen LogP contribution in [-0.2, 0) is 10.0 Å². The first-order chi connectivity index (χ1) is 15.2. The van der Waals surface area contributed by atoms with Crippen molar-refractivity contribution in [3.63, 3.8) is 0 Å². The number of rotatable bonds is 5. The largest absolute Gasteiger partial charge is 0.439 e. The molecule has 1 fully saturated rings. The number of piperazine rings is 1. The Morgan fingerprint density at radius 1 is 0.844 bits per heavy atom. The van der Waals surface area contributed by atoms with Gasteiger partial charge in [0, 0.05) is 32.2 Å². The van der Waals surface area contributed by atoms with Crippen molar-refractivity contribution in [1.82, 2.24) is 14.3 Å². The van der Waals surface area contributed by atoms with Crippen molar-refractivity contribution in [2.45, 2.75) is 32.6 Å². The molecule has 32 heavy (non-hydrogen) atoms. The van der Waals surface area contributed by atoms with Crippen LogP contribution in [0.3, 0.4) is 0 Å². The van der Waals surface area contributed by atoms with Crippen molar-refractivity contribution in [2.75, 3.05) is 31.1 Å². The Morgan fingerprint density at radius 3 is 2.09 bits per heavy atom. The Kier molecular flexibility index (Phi) is 6.17. The van der Waals surface area contributed by atoms with Crippen LogP contribution in [0, 0.1) is 27.7 Å². The predicted molar refractivity (Wildman–Crippen MR) is 125 cm³/mol.